The number of carbonyl (C=O) groups is 1. The maximum absolute atomic E-state index is 13.5. The summed E-state index contributed by atoms with van der Waals surface area (Å²) in [5, 5.41) is 8.37. The smallest absolute Gasteiger partial charge is 0.289 e. The minimum Gasteiger partial charge on any atom is -0.289 e. The summed E-state index contributed by atoms with van der Waals surface area (Å²) < 4.78 is 82.1. The Kier molecular flexibility index (Phi) is 7.01. The third kappa shape index (κ3) is 5.51. The van der Waals surface area contributed by atoms with E-state index in [2.05, 4.69) is 10.3 Å². The second-order valence-corrected chi connectivity index (χ2v) is 8.97. The van der Waals surface area contributed by atoms with E-state index in [4.69, 9.17) is 0 Å². The lowest BCUT2D eigenvalue weighted by molar-refractivity contribution is -0.143. The van der Waals surface area contributed by atoms with Crippen molar-refractivity contribution in [1.82, 2.24) is 15.0 Å². The van der Waals surface area contributed by atoms with E-state index in [0.717, 1.165) is 0 Å². The Morgan fingerprint density at radius 1 is 0.700 bits per heavy atom. The summed E-state index contributed by atoms with van der Waals surface area (Å²) in [7, 11) is 0. The molecule has 4 aromatic carbocycles. The normalized spacial score (nSPS) is 11.9. The van der Waals surface area contributed by atoms with Crippen LogP contribution in [0.25, 0.3) is 22.5 Å². The molecular weight excluding hydrogens is 532 g/mol. The first-order chi connectivity index (χ1) is 19.0. The van der Waals surface area contributed by atoms with Crippen molar-refractivity contribution in [2.45, 2.75) is 18.9 Å². The highest BCUT2D eigenvalue weighted by Gasteiger charge is 2.37. The third-order valence-electron chi connectivity index (χ3n) is 6.22. The van der Waals surface area contributed by atoms with Crippen LogP contribution in [0, 0.1) is 0 Å². The minimum atomic E-state index is -4.98. The quantitative estimate of drug-likeness (QED) is 0.159. The molecule has 0 unspecified atom stereocenters. The molecule has 5 aromatic rings. The van der Waals surface area contributed by atoms with Crippen LogP contribution in [-0.4, -0.2) is 20.8 Å². The third-order valence-corrected chi connectivity index (χ3v) is 6.22. The number of nitrogens with zero attached hydrogens (tertiary/aromatic N) is 3. The van der Waals surface area contributed by atoms with Crippen molar-refractivity contribution < 1.29 is 31.1 Å². The second kappa shape index (κ2) is 10.4. The Hall–Kier alpha value is -4.73. The Morgan fingerprint density at radius 2 is 1.25 bits per heavy atom. The van der Waals surface area contributed by atoms with E-state index in [1.165, 1.54) is 4.68 Å². The van der Waals surface area contributed by atoms with Crippen LogP contribution in [0.15, 0.2) is 103 Å². The molecule has 0 atom stereocenters. The molecular formula is C30H19F6N3O. The summed E-state index contributed by atoms with van der Waals surface area (Å²) in [4.78, 5) is 13.4. The van der Waals surface area contributed by atoms with Gasteiger partial charge in [-0.15, -0.1) is 5.10 Å². The van der Waals surface area contributed by atoms with Crippen LogP contribution in [0.1, 0.15) is 32.6 Å². The van der Waals surface area contributed by atoms with Gasteiger partial charge in [0.1, 0.15) is 5.69 Å². The number of benzene rings is 4. The first-order valence-electron chi connectivity index (χ1n) is 12.0. The predicted octanol–water partition coefficient (Wildman–Crippen LogP) is 7.93. The van der Waals surface area contributed by atoms with Crippen LogP contribution >= 0.6 is 0 Å². The zero-order valence-corrected chi connectivity index (χ0v) is 20.5. The SMILES string of the molecule is O=C(c1ccccc1)c1ccccc1-c1nnn(Cc2cc(C(F)(F)F)cc(C(F)(F)F)c2)c1-c1ccccc1. The molecule has 5 rings (SSSR count). The second-order valence-electron chi connectivity index (χ2n) is 8.97. The Balaban J connectivity index is 1.66. The van der Waals surface area contributed by atoms with Gasteiger partial charge in [0.05, 0.1) is 23.4 Å². The monoisotopic (exact) mass is 551 g/mol. The fraction of sp³-hybridized carbons (Fsp3) is 0.100. The van der Waals surface area contributed by atoms with Gasteiger partial charge in [0.25, 0.3) is 0 Å². The molecule has 1 heterocycles. The van der Waals surface area contributed by atoms with Gasteiger partial charge in [-0.2, -0.15) is 26.3 Å². The van der Waals surface area contributed by atoms with Crippen molar-refractivity contribution in [2.24, 2.45) is 0 Å². The molecule has 40 heavy (non-hydrogen) atoms. The highest BCUT2D eigenvalue weighted by atomic mass is 19.4. The summed E-state index contributed by atoms with van der Waals surface area (Å²) in [6, 6.07) is 25.3. The Morgan fingerprint density at radius 3 is 1.85 bits per heavy atom. The minimum absolute atomic E-state index is 0.0831. The van der Waals surface area contributed by atoms with Crippen molar-refractivity contribution >= 4 is 5.78 Å². The van der Waals surface area contributed by atoms with Gasteiger partial charge in [-0.25, -0.2) is 4.68 Å². The molecule has 0 amide bonds. The maximum atomic E-state index is 13.5. The molecule has 1 aromatic heterocycles. The number of alkyl halides is 6. The highest BCUT2D eigenvalue weighted by molar-refractivity contribution is 6.13. The average molecular weight is 551 g/mol. The van der Waals surface area contributed by atoms with E-state index >= 15 is 0 Å². The first kappa shape index (κ1) is 26.9. The van der Waals surface area contributed by atoms with Gasteiger partial charge >= 0.3 is 12.4 Å². The molecule has 0 saturated heterocycles. The first-order valence-corrected chi connectivity index (χ1v) is 12.0. The average Bonchev–Trinajstić information content (AvgIpc) is 3.35. The molecule has 0 spiro atoms. The summed E-state index contributed by atoms with van der Waals surface area (Å²) in [6.07, 6.45) is -9.97. The van der Waals surface area contributed by atoms with Crippen molar-refractivity contribution in [2.75, 3.05) is 0 Å². The van der Waals surface area contributed by atoms with Gasteiger partial charge in [0, 0.05) is 22.3 Å². The van der Waals surface area contributed by atoms with Gasteiger partial charge in [-0.05, 0) is 23.8 Å². The summed E-state index contributed by atoms with van der Waals surface area (Å²) in [5.41, 5.74) is -0.772. The van der Waals surface area contributed by atoms with Crippen molar-refractivity contribution in [3.63, 3.8) is 0 Å². The van der Waals surface area contributed by atoms with Crippen molar-refractivity contribution in [3.8, 4) is 22.5 Å². The summed E-state index contributed by atoms with van der Waals surface area (Å²) in [6.45, 7) is -0.432. The molecule has 10 heteroatoms. The molecule has 0 saturated carbocycles. The molecule has 4 nitrogen and oxygen atoms in total. The van der Waals surface area contributed by atoms with Crippen LogP contribution < -0.4 is 0 Å². The summed E-state index contributed by atoms with van der Waals surface area (Å²) >= 11 is 0. The predicted molar refractivity (Wildman–Crippen MR) is 136 cm³/mol. The molecule has 0 aliphatic rings. The van der Waals surface area contributed by atoms with Crippen LogP contribution in [0.3, 0.4) is 0 Å². The van der Waals surface area contributed by atoms with Crippen molar-refractivity contribution in [1.29, 1.82) is 0 Å². The fourth-order valence-electron chi connectivity index (χ4n) is 4.40. The van der Waals surface area contributed by atoms with Crippen molar-refractivity contribution in [3.05, 3.63) is 131 Å². The number of aromatic nitrogens is 3. The van der Waals surface area contributed by atoms with Gasteiger partial charge in [0.2, 0.25) is 0 Å². The number of halogens is 6. The highest BCUT2D eigenvalue weighted by Crippen LogP contribution is 2.38. The molecule has 202 valence electrons. The fourth-order valence-corrected chi connectivity index (χ4v) is 4.40. The number of carbonyl (C=O) groups excluding carboxylic acids is 1. The summed E-state index contributed by atoms with van der Waals surface area (Å²) in [5.74, 6) is -0.280. The van der Waals surface area contributed by atoms with Gasteiger partial charge in [-0.1, -0.05) is 90.1 Å². The van der Waals surface area contributed by atoms with E-state index in [1.54, 1.807) is 84.9 Å². The Bertz CT molecular complexity index is 1630. The zero-order chi connectivity index (χ0) is 28.5. The topological polar surface area (TPSA) is 47.8 Å². The number of rotatable bonds is 6. The van der Waals surface area contributed by atoms with Crippen LogP contribution in [0.2, 0.25) is 0 Å². The largest absolute Gasteiger partial charge is 0.416 e. The number of ketones is 1. The standard InChI is InChI=1S/C30H19F6N3O/c31-29(32,33)22-15-19(16-23(17-22)30(34,35)36)18-39-27(20-9-3-1-4-10-20)26(37-38-39)24-13-7-8-14-25(24)28(40)21-11-5-2-6-12-21/h1-17H,18H2. The molecule has 0 N–H and O–H groups in total. The number of hydrogen-bond donors (Lipinski definition) is 0. The zero-order valence-electron chi connectivity index (χ0n) is 20.5. The molecule has 0 bridgehead atoms. The van der Waals surface area contributed by atoms with Gasteiger partial charge in [0.15, 0.2) is 5.78 Å². The van der Waals surface area contributed by atoms with Crippen LogP contribution in [-0.2, 0) is 18.9 Å². The lowest BCUT2D eigenvalue weighted by atomic mass is 9.94. The van der Waals surface area contributed by atoms with E-state index in [-0.39, 0.29) is 23.1 Å². The van der Waals surface area contributed by atoms with E-state index in [0.29, 0.717) is 40.1 Å². The Labute approximate surface area is 224 Å². The van der Waals surface area contributed by atoms with E-state index in [9.17, 15) is 31.1 Å². The lowest BCUT2D eigenvalue weighted by Gasteiger charge is -2.15. The van der Waals surface area contributed by atoms with Gasteiger partial charge in [-0.3, -0.25) is 4.79 Å². The molecule has 0 aliphatic carbocycles. The van der Waals surface area contributed by atoms with Crippen LogP contribution in [0.5, 0.6) is 0 Å². The lowest BCUT2D eigenvalue weighted by Crippen LogP contribution is -2.13. The van der Waals surface area contributed by atoms with E-state index in [1.807, 2.05) is 0 Å². The maximum Gasteiger partial charge on any atom is 0.416 e. The number of hydrogen-bond acceptors (Lipinski definition) is 3. The van der Waals surface area contributed by atoms with Crippen LogP contribution in [0.4, 0.5) is 26.3 Å². The molecule has 0 radical (unpaired) electrons. The molecule has 0 fully saturated rings. The van der Waals surface area contributed by atoms with Gasteiger partial charge < -0.3 is 0 Å². The molecule has 0 aliphatic heterocycles. The van der Waals surface area contributed by atoms with E-state index < -0.39 is 30.0 Å².